The Bertz CT molecular complexity index is 1090. The van der Waals surface area contributed by atoms with E-state index in [1.54, 1.807) is 18.0 Å². The highest BCUT2D eigenvalue weighted by atomic mass is 32.2. The van der Waals surface area contributed by atoms with E-state index in [1.165, 1.54) is 0 Å². The molecule has 2 N–H and O–H groups in total. The van der Waals surface area contributed by atoms with E-state index in [0.29, 0.717) is 11.6 Å². The summed E-state index contributed by atoms with van der Waals surface area (Å²) in [4.78, 5) is 24.3. The molecule has 0 atom stereocenters. The first-order valence-electron chi connectivity index (χ1n) is 11.8. The Balaban J connectivity index is 1.36. The average molecular weight is 464 g/mol. The van der Waals surface area contributed by atoms with Crippen molar-refractivity contribution in [3.8, 4) is 0 Å². The van der Waals surface area contributed by atoms with E-state index < -0.39 is 0 Å². The number of hydrogen-bond acceptors (Lipinski definition) is 6. The molecular weight excluding hydrogens is 430 g/mol. The van der Waals surface area contributed by atoms with Crippen molar-refractivity contribution in [2.24, 2.45) is 0 Å². The summed E-state index contributed by atoms with van der Waals surface area (Å²) in [5.41, 5.74) is 2.85. The van der Waals surface area contributed by atoms with Gasteiger partial charge in [0.15, 0.2) is 0 Å². The van der Waals surface area contributed by atoms with E-state index >= 15 is 0 Å². The first-order chi connectivity index (χ1) is 16.0. The number of carbonyl (C=O) groups excluding carboxylic acids is 1. The number of amides is 1. The van der Waals surface area contributed by atoms with Crippen LogP contribution in [0.25, 0.3) is 10.9 Å². The summed E-state index contributed by atoms with van der Waals surface area (Å²) in [5.74, 6) is 1.87. The minimum Gasteiger partial charge on any atom is -0.377 e. The van der Waals surface area contributed by atoms with E-state index in [4.69, 9.17) is 4.98 Å². The van der Waals surface area contributed by atoms with Crippen LogP contribution in [0.2, 0.25) is 0 Å². The molecule has 4 rings (SSSR count). The van der Waals surface area contributed by atoms with E-state index in [-0.39, 0.29) is 11.9 Å². The largest absolute Gasteiger partial charge is 0.377 e. The van der Waals surface area contributed by atoms with E-state index in [1.807, 2.05) is 18.2 Å². The molecular formula is C26H33N5OS. The van der Waals surface area contributed by atoms with Gasteiger partial charge in [-0.3, -0.25) is 4.79 Å². The van der Waals surface area contributed by atoms with Crippen molar-refractivity contribution in [2.45, 2.75) is 56.1 Å². The van der Waals surface area contributed by atoms with Gasteiger partial charge >= 0.3 is 0 Å². The summed E-state index contributed by atoms with van der Waals surface area (Å²) >= 11 is 1.65. The maximum absolute atomic E-state index is 12.9. The lowest BCUT2D eigenvalue weighted by Gasteiger charge is -2.30. The molecule has 33 heavy (non-hydrogen) atoms. The zero-order valence-electron chi connectivity index (χ0n) is 19.7. The average Bonchev–Trinajstić information content (AvgIpc) is 2.83. The minimum atomic E-state index is -0.00932. The Morgan fingerprint density at radius 1 is 1.09 bits per heavy atom. The van der Waals surface area contributed by atoms with Gasteiger partial charge in [0.25, 0.3) is 5.91 Å². The second kappa shape index (κ2) is 10.9. The summed E-state index contributed by atoms with van der Waals surface area (Å²) < 4.78 is 0. The minimum absolute atomic E-state index is 0.00932. The standard InChI is InChI=1S/C26H33N5OS/c1-4-16-33-26-21(9-7-15-27-26)25(32)29-19-13-11-18(12-14-19)28-24-17-23(31(2)3)20-8-5-6-10-22(20)30-24/h5-10,15,17-19H,4,11-14,16H2,1-3H3,(H,28,30)(H,29,32). The second-order valence-electron chi connectivity index (χ2n) is 8.81. The predicted octanol–water partition coefficient (Wildman–Crippen LogP) is 5.35. The quantitative estimate of drug-likeness (QED) is 0.439. The lowest BCUT2D eigenvalue weighted by atomic mass is 9.91. The predicted molar refractivity (Wildman–Crippen MR) is 138 cm³/mol. The van der Waals surface area contributed by atoms with Gasteiger partial charge in [-0.1, -0.05) is 25.1 Å². The summed E-state index contributed by atoms with van der Waals surface area (Å²) in [6.07, 6.45) is 6.72. The van der Waals surface area contributed by atoms with Crippen LogP contribution in [0.15, 0.2) is 53.7 Å². The van der Waals surface area contributed by atoms with Crippen molar-refractivity contribution in [3.63, 3.8) is 0 Å². The summed E-state index contributed by atoms with van der Waals surface area (Å²) in [5, 5.41) is 8.87. The van der Waals surface area contributed by atoms with Gasteiger partial charge in [0.05, 0.1) is 11.1 Å². The third kappa shape index (κ3) is 5.77. The van der Waals surface area contributed by atoms with Crippen LogP contribution in [0, 0.1) is 0 Å². The van der Waals surface area contributed by atoms with Crippen LogP contribution in [-0.4, -0.2) is 47.8 Å². The molecule has 0 aliphatic heterocycles. The van der Waals surface area contributed by atoms with Crippen molar-refractivity contribution in [1.29, 1.82) is 0 Å². The number of aromatic nitrogens is 2. The Hall–Kier alpha value is -2.80. The number of rotatable bonds is 8. The van der Waals surface area contributed by atoms with Gasteiger partial charge in [-0.05, 0) is 56.1 Å². The fourth-order valence-electron chi connectivity index (χ4n) is 4.33. The number of nitrogens with one attached hydrogen (secondary N) is 2. The third-order valence-electron chi connectivity index (χ3n) is 6.05. The third-order valence-corrected chi connectivity index (χ3v) is 7.26. The number of anilines is 2. The van der Waals surface area contributed by atoms with Crippen LogP contribution in [0.4, 0.5) is 11.5 Å². The van der Waals surface area contributed by atoms with Crippen molar-refractivity contribution >= 4 is 40.1 Å². The molecule has 3 aromatic rings. The number of para-hydroxylation sites is 1. The van der Waals surface area contributed by atoms with Crippen LogP contribution in [-0.2, 0) is 0 Å². The number of thioether (sulfide) groups is 1. The normalized spacial score (nSPS) is 18.2. The molecule has 0 bridgehead atoms. The molecule has 0 spiro atoms. The molecule has 174 valence electrons. The van der Waals surface area contributed by atoms with Crippen LogP contribution in [0.1, 0.15) is 49.4 Å². The molecule has 1 amide bonds. The molecule has 1 fully saturated rings. The van der Waals surface area contributed by atoms with Gasteiger partial charge in [0, 0.05) is 49.5 Å². The first kappa shape index (κ1) is 23.4. The molecule has 1 saturated carbocycles. The maximum atomic E-state index is 12.9. The number of hydrogen-bond donors (Lipinski definition) is 2. The molecule has 0 radical (unpaired) electrons. The Labute approximate surface area is 200 Å². The summed E-state index contributed by atoms with van der Waals surface area (Å²) in [6, 6.07) is 14.7. The fraction of sp³-hybridized carbons (Fsp3) is 0.423. The summed E-state index contributed by atoms with van der Waals surface area (Å²) in [6.45, 7) is 2.14. The van der Waals surface area contributed by atoms with E-state index in [2.05, 4.69) is 65.8 Å². The smallest absolute Gasteiger partial charge is 0.254 e. The highest BCUT2D eigenvalue weighted by molar-refractivity contribution is 7.99. The maximum Gasteiger partial charge on any atom is 0.254 e. The zero-order chi connectivity index (χ0) is 23.2. The van der Waals surface area contributed by atoms with Crippen LogP contribution in [0.3, 0.4) is 0 Å². The molecule has 2 heterocycles. The molecule has 1 aliphatic rings. The molecule has 1 aliphatic carbocycles. The Morgan fingerprint density at radius 2 is 1.85 bits per heavy atom. The monoisotopic (exact) mass is 463 g/mol. The van der Waals surface area contributed by atoms with Crippen LogP contribution < -0.4 is 15.5 Å². The topological polar surface area (TPSA) is 70.2 Å². The van der Waals surface area contributed by atoms with Crippen molar-refractivity contribution < 1.29 is 4.79 Å². The highest BCUT2D eigenvalue weighted by Crippen LogP contribution is 2.29. The molecule has 0 unspecified atom stereocenters. The number of fused-ring (bicyclic) bond motifs is 1. The van der Waals surface area contributed by atoms with Crippen molar-refractivity contribution in [3.05, 3.63) is 54.2 Å². The van der Waals surface area contributed by atoms with Gasteiger partial charge < -0.3 is 15.5 Å². The summed E-state index contributed by atoms with van der Waals surface area (Å²) in [7, 11) is 4.13. The van der Waals surface area contributed by atoms with E-state index in [9.17, 15) is 4.79 Å². The SMILES string of the molecule is CCCSc1ncccc1C(=O)NC1CCC(Nc2cc(N(C)C)c3ccccc3n2)CC1. The van der Waals surface area contributed by atoms with Gasteiger partial charge in [-0.25, -0.2) is 9.97 Å². The fourth-order valence-corrected chi connectivity index (χ4v) is 5.18. The molecule has 7 heteroatoms. The number of pyridine rings is 2. The van der Waals surface area contributed by atoms with Gasteiger partial charge in [-0.15, -0.1) is 11.8 Å². The number of benzene rings is 1. The van der Waals surface area contributed by atoms with Crippen molar-refractivity contribution in [1.82, 2.24) is 15.3 Å². The number of nitrogens with zero attached hydrogens (tertiary/aromatic N) is 3. The zero-order valence-corrected chi connectivity index (χ0v) is 20.5. The molecule has 6 nitrogen and oxygen atoms in total. The lowest BCUT2D eigenvalue weighted by molar-refractivity contribution is 0.0923. The Kier molecular flexibility index (Phi) is 7.70. The van der Waals surface area contributed by atoms with Gasteiger partial charge in [0.1, 0.15) is 10.8 Å². The molecule has 2 aromatic heterocycles. The van der Waals surface area contributed by atoms with Crippen LogP contribution >= 0.6 is 11.8 Å². The first-order valence-corrected chi connectivity index (χ1v) is 12.8. The lowest BCUT2D eigenvalue weighted by Crippen LogP contribution is -2.40. The molecule has 1 aromatic carbocycles. The molecule has 0 saturated heterocycles. The number of carbonyl (C=O) groups is 1. The van der Waals surface area contributed by atoms with Gasteiger partial charge in [0.2, 0.25) is 0 Å². The second-order valence-corrected chi connectivity index (χ2v) is 9.89. The van der Waals surface area contributed by atoms with Gasteiger partial charge in [-0.2, -0.15) is 0 Å². The van der Waals surface area contributed by atoms with Crippen molar-refractivity contribution in [2.75, 3.05) is 30.1 Å². The van der Waals surface area contributed by atoms with Crippen LogP contribution in [0.5, 0.6) is 0 Å². The highest BCUT2D eigenvalue weighted by Gasteiger charge is 2.24. The van der Waals surface area contributed by atoms with E-state index in [0.717, 1.165) is 65.3 Å². The Morgan fingerprint density at radius 3 is 2.61 bits per heavy atom.